The third kappa shape index (κ3) is 7.45. The van der Waals surface area contributed by atoms with Gasteiger partial charge in [-0.1, -0.05) is 56.3 Å². The van der Waals surface area contributed by atoms with Gasteiger partial charge in [0.05, 0.1) is 6.42 Å². The fraction of sp³-hybridized carbons (Fsp3) is 0.462. The quantitative estimate of drug-likeness (QED) is 0.600. The van der Waals surface area contributed by atoms with E-state index < -0.39 is 0 Å². The van der Waals surface area contributed by atoms with Crippen molar-refractivity contribution in [2.24, 2.45) is 5.92 Å². The van der Waals surface area contributed by atoms with Gasteiger partial charge in [-0.3, -0.25) is 14.5 Å². The van der Waals surface area contributed by atoms with Gasteiger partial charge in [-0.2, -0.15) is 0 Å². The first-order valence-electron chi connectivity index (χ1n) is 11.5. The van der Waals surface area contributed by atoms with Gasteiger partial charge in [-0.15, -0.1) is 0 Å². The monoisotopic (exact) mass is 439 g/mol. The number of halogens is 1. The van der Waals surface area contributed by atoms with Crippen LogP contribution < -0.4 is 0 Å². The highest BCUT2D eigenvalue weighted by Crippen LogP contribution is 2.12. The first kappa shape index (κ1) is 23.9. The van der Waals surface area contributed by atoms with E-state index in [0.29, 0.717) is 31.8 Å². The Bertz CT molecular complexity index is 862. The van der Waals surface area contributed by atoms with Crippen LogP contribution in [-0.4, -0.2) is 65.8 Å². The van der Waals surface area contributed by atoms with Gasteiger partial charge in [-0.05, 0) is 29.2 Å². The number of piperazine rings is 1. The van der Waals surface area contributed by atoms with Crippen molar-refractivity contribution in [1.29, 1.82) is 0 Å². The van der Waals surface area contributed by atoms with Crippen LogP contribution in [0.5, 0.6) is 0 Å². The highest BCUT2D eigenvalue weighted by molar-refractivity contribution is 5.78. The SMILES string of the molecule is CC(C)CC(=O)N1CCN(CCN(Cc2ccc(F)cc2)C(=O)Cc2ccccc2)CC1. The van der Waals surface area contributed by atoms with Crippen molar-refractivity contribution >= 4 is 11.8 Å². The van der Waals surface area contributed by atoms with Gasteiger partial charge in [0.2, 0.25) is 11.8 Å². The molecule has 0 aromatic heterocycles. The van der Waals surface area contributed by atoms with E-state index in [0.717, 1.165) is 43.9 Å². The number of carbonyl (C=O) groups is 2. The number of carbonyl (C=O) groups excluding carboxylic acids is 2. The fourth-order valence-electron chi connectivity index (χ4n) is 3.95. The summed E-state index contributed by atoms with van der Waals surface area (Å²) in [4.78, 5) is 31.5. The largest absolute Gasteiger partial charge is 0.340 e. The van der Waals surface area contributed by atoms with Crippen LogP contribution in [0.2, 0.25) is 0 Å². The van der Waals surface area contributed by atoms with Crippen molar-refractivity contribution in [2.45, 2.75) is 33.2 Å². The highest BCUT2D eigenvalue weighted by atomic mass is 19.1. The second-order valence-corrected chi connectivity index (χ2v) is 8.92. The van der Waals surface area contributed by atoms with Crippen LogP contribution in [0.4, 0.5) is 4.39 Å². The predicted molar refractivity (Wildman–Crippen MR) is 124 cm³/mol. The van der Waals surface area contributed by atoms with Gasteiger partial charge in [0.25, 0.3) is 0 Å². The lowest BCUT2D eigenvalue weighted by Crippen LogP contribution is -2.50. The Labute approximate surface area is 190 Å². The predicted octanol–water partition coefficient (Wildman–Crippen LogP) is 3.59. The molecule has 0 bridgehead atoms. The minimum Gasteiger partial charge on any atom is -0.340 e. The Morgan fingerprint density at radius 1 is 0.938 bits per heavy atom. The Kier molecular flexibility index (Phi) is 8.80. The molecule has 1 heterocycles. The van der Waals surface area contributed by atoms with E-state index in [-0.39, 0.29) is 17.6 Å². The van der Waals surface area contributed by atoms with Crippen molar-refractivity contribution in [3.05, 3.63) is 71.5 Å². The highest BCUT2D eigenvalue weighted by Gasteiger charge is 2.23. The molecule has 0 radical (unpaired) electrons. The molecule has 1 aliphatic rings. The summed E-state index contributed by atoms with van der Waals surface area (Å²) in [7, 11) is 0. The van der Waals surface area contributed by atoms with Crippen LogP contribution in [0, 0.1) is 11.7 Å². The Balaban J connectivity index is 1.57. The topological polar surface area (TPSA) is 43.9 Å². The molecule has 5 nitrogen and oxygen atoms in total. The van der Waals surface area contributed by atoms with Gasteiger partial charge < -0.3 is 9.80 Å². The van der Waals surface area contributed by atoms with E-state index in [1.807, 2.05) is 40.1 Å². The molecule has 2 amide bonds. The van der Waals surface area contributed by atoms with Crippen LogP contribution >= 0.6 is 0 Å². The minimum atomic E-state index is -0.277. The van der Waals surface area contributed by atoms with Gasteiger partial charge in [0.15, 0.2) is 0 Å². The van der Waals surface area contributed by atoms with Gasteiger partial charge in [-0.25, -0.2) is 4.39 Å². The molecule has 0 spiro atoms. The zero-order valence-corrected chi connectivity index (χ0v) is 19.2. The molecule has 172 valence electrons. The van der Waals surface area contributed by atoms with Gasteiger partial charge in [0, 0.05) is 52.2 Å². The van der Waals surface area contributed by atoms with Crippen LogP contribution in [0.1, 0.15) is 31.4 Å². The standard InChI is InChI=1S/C26H34FN3O2/c1-21(2)18-25(31)29-15-12-28(13-16-29)14-17-30(20-23-8-10-24(27)11-9-23)26(32)19-22-6-4-3-5-7-22/h3-11,21H,12-20H2,1-2H3. The van der Waals surface area contributed by atoms with Gasteiger partial charge in [0.1, 0.15) is 5.82 Å². The second-order valence-electron chi connectivity index (χ2n) is 8.92. The van der Waals surface area contributed by atoms with Crippen molar-refractivity contribution in [3.8, 4) is 0 Å². The molecule has 0 N–H and O–H groups in total. The van der Waals surface area contributed by atoms with E-state index in [1.54, 1.807) is 12.1 Å². The number of nitrogens with zero attached hydrogens (tertiary/aromatic N) is 3. The minimum absolute atomic E-state index is 0.0614. The summed E-state index contributed by atoms with van der Waals surface area (Å²) >= 11 is 0. The maximum Gasteiger partial charge on any atom is 0.227 e. The molecule has 2 aromatic rings. The first-order chi connectivity index (χ1) is 15.4. The van der Waals surface area contributed by atoms with Crippen LogP contribution in [-0.2, 0) is 22.6 Å². The molecule has 0 saturated carbocycles. The normalized spacial score (nSPS) is 14.6. The molecular formula is C26H34FN3O2. The zero-order valence-electron chi connectivity index (χ0n) is 19.2. The number of rotatable bonds is 9. The molecule has 6 heteroatoms. The van der Waals surface area contributed by atoms with E-state index in [4.69, 9.17) is 0 Å². The molecule has 0 atom stereocenters. The Morgan fingerprint density at radius 3 is 2.22 bits per heavy atom. The lowest BCUT2D eigenvalue weighted by Gasteiger charge is -2.36. The van der Waals surface area contributed by atoms with E-state index in [2.05, 4.69) is 18.7 Å². The van der Waals surface area contributed by atoms with Crippen LogP contribution in [0.3, 0.4) is 0 Å². The number of hydrogen-bond donors (Lipinski definition) is 0. The summed E-state index contributed by atoms with van der Waals surface area (Å²) < 4.78 is 13.3. The molecular weight excluding hydrogens is 405 g/mol. The lowest BCUT2D eigenvalue weighted by atomic mass is 10.1. The fourth-order valence-corrected chi connectivity index (χ4v) is 3.95. The molecule has 1 aliphatic heterocycles. The van der Waals surface area contributed by atoms with E-state index in [9.17, 15) is 14.0 Å². The van der Waals surface area contributed by atoms with Gasteiger partial charge >= 0.3 is 0 Å². The third-order valence-corrected chi connectivity index (χ3v) is 5.83. The van der Waals surface area contributed by atoms with Crippen molar-refractivity contribution in [1.82, 2.24) is 14.7 Å². The molecule has 0 unspecified atom stereocenters. The number of benzene rings is 2. The first-order valence-corrected chi connectivity index (χ1v) is 11.5. The Hall–Kier alpha value is -2.73. The maximum atomic E-state index is 13.3. The lowest BCUT2D eigenvalue weighted by molar-refractivity contribution is -0.133. The molecule has 32 heavy (non-hydrogen) atoms. The molecule has 0 aliphatic carbocycles. The van der Waals surface area contributed by atoms with Crippen molar-refractivity contribution in [3.63, 3.8) is 0 Å². The van der Waals surface area contributed by atoms with Crippen molar-refractivity contribution in [2.75, 3.05) is 39.3 Å². The van der Waals surface area contributed by atoms with Crippen LogP contribution in [0.15, 0.2) is 54.6 Å². The van der Waals surface area contributed by atoms with E-state index >= 15 is 0 Å². The smallest absolute Gasteiger partial charge is 0.227 e. The van der Waals surface area contributed by atoms with E-state index in [1.165, 1.54) is 12.1 Å². The molecule has 2 aromatic carbocycles. The third-order valence-electron chi connectivity index (χ3n) is 5.83. The second kappa shape index (κ2) is 11.8. The average Bonchev–Trinajstić information content (AvgIpc) is 2.78. The molecule has 3 rings (SSSR count). The summed E-state index contributed by atoms with van der Waals surface area (Å²) in [6, 6.07) is 16.1. The Morgan fingerprint density at radius 2 is 1.59 bits per heavy atom. The summed E-state index contributed by atoms with van der Waals surface area (Å²) in [6.45, 7) is 9.06. The summed E-state index contributed by atoms with van der Waals surface area (Å²) in [5, 5.41) is 0. The zero-order chi connectivity index (χ0) is 22.9. The molecule has 1 fully saturated rings. The number of hydrogen-bond acceptors (Lipinski definition) is 3. The average molecular weight is 440 g/mol. The number of amides is 2. The van der Waals surface area contributed by atoms with Crippen molar-refractivity contribution < 1.29 is 14.0 Å². The maximum absolute atomic E-state index is 13.3. The summed E-state index contributed by atoms with van der Waals surface area (Å²) in [5.74, 6) is 0.388. The summed E-state index contributed by atoms with van der Waals surface area (Å²) in [5.41, 5.74) is 1.90. The van der Waals surface area contributed by atoms with Crippen LogP contribution in [0.25, 0.3) is 0 Å². The molecule has 1 saturated heterocycles. The summed E-state index contributed by atoms with van der Waals surface area (Å²) in [6.07, 6.45) is 0.943.